The molecule has 2 N–H and O–H groups in total. The van der Waals surface area contributed by atoms with E-state index in [2.05, 4.69) is 20.3 Å². The smallest absolute Gasteiger partial charge is 0.232 e. The molecule has 1 amide bonds. The summed E-state index contributed by atoms with van der Waals surface area (Å²) in [6, 6.07) is 0.302. The minimum absolute atomic E-state index is 0.186. The number of carbonyl (C=O) groups excluding carboxylic acids is 1. The van der Waals surface area contributed by atoms with E-state index >= 15 is 0 Å². The maximum atomic E-state index is 11.1. The summed E-state index contributed by atoms with van der Waals surface area (Å²) in [5, 5.41) is 12.1. The van der Waals surface area contributed by atoms with Crippen molar-refractivity contribution in [2.45, 2.75) is 25.8 Å². The second-order valence-electron chi connectivity index (χ2n) is 5.88. The summed E-state index contributed by atoms with van der Waals surface area (Å²) in [5.41, 5.74) is 1.38. The molecular weight excluding hydrogens is 294 g/mol. The number of anilines is 1. The number of carbonyl (C=O) groups is 1. The van der Waals surface area contributed by atoms with Crippen molar-refractivity contribution in [1.29, 1.82) is 0 Å². The molecule has 7 nitrogen and oxygen atoms in total. The first-order valence-electron chi connectivity index (χ1n) is 6.83. The number of aliphatic hydroxyl groups excluding tert-OH is 1. The van der Waals surface area contributed by atoms with E-state index < -0.39 is 0 Å². The average Bonchev–Trinajstić information content (AvgIpc) is 3.27. The third kappa shape index (κ3) is 1.84. The van der Waals surface area contributed by atoms with Gasteiger partial charge in [-0.05, 0) is 24.2 Å². The summed E-state index contributed by atoms with van der Waals surface area (Å²) < 4.78 is 1.99. The molecule has 0 aromatic carbocycles. The Morgan fingerprint density at radius 2 is 2.38 bits per heavy atom. The number of halogens is 1. The van der Waals surface area contributed by atoms with Gasteiger partial charge in [0.25, 0.3) is 0 Å². The lowest BCUT2D eigenvalue weighted by Gasteiger charge is -2.05. The SMILES string of the molecule is CC(=O)Nc1nc(Cl)c2ncn([C@H]3C[C@]34C[C@@H]4CO)c2n1. The zero-order valence-corrected chi connectivity index (χ0v) is 12.1. The Morgan fingerprint density at radius 1 is 1.57 bits per heavy atom. The fraction of sp³-hybridized carbons (Fsp3) is 0.538. The molecule has 2 aliphatic carbocycles. The standard InChI is InChI=1S/C13H14ClN5O2/c1-6(21)16-12-17-10(14)9-11(18-12)19(5-15-9)8-3-13(8)2-7(13)4-20/h5,7-8,20H,2-4H2,1H3,(H,16,17,18,21)/t7-,8+,13+/m1/s1. The van der Waals surface area contributed by atoms with Gasteiger partial charge in [-0.15, -0.1) is 0 Å². The molecule has 8 heteroatoms. The quantitative estimate of drug-likeness (QED) is 0.836. The lowest BCUT2D eigenvalue weighted by molar-refractivity contribution is -0.114. The van der Waals surface area contributed by atoms with Crippen LogP contribution < -0.4 is 5.32 Å². The molecular formula is C13H14ClN5O2. The molecule has 2 saturated carbocycles. The Morgan fingerprint density at radius 3 is 3.05 bits per heavy atom. The first-order chi connectivity index (χ1) is 10.0. The molecule has 1 spiro atoms. The lowest BCUT2D eigenvalue weighted by Crippen LogP contribution is -2.10. The molecule has 21 heavy (non-hydrogen) atoms. The Bertz CT molecular complexity index is 760. The van der Waals surface area contributed by atoms with E-state index in [1.807, 2.05) is 4.57 Å². The fourth-order valence-corrected chi connectivity index (χ4v) is 3.52. The van der Waals surface area contributed by atoms with Crippen molar-refractivity contribution >= 4 is 34.6 Å². The summed E-state index contributed by atoms with van der Waals surface area (Å²) in [6.07, 6.45) is 3.79. The van der Waals surface area contributed by atoms with Crippen molar-refractivity contribution in [2.75, 3.05) is 11.9 Å². The zero-order chi connectivity index (χ0) is 14.8. The number of aliphatic hydroxyl groups is 1. The van der Waals surface area contributed by atoms with Crippen LogP contribution in [-0.4, -0.2) is 37.1 Å². The summed E-state index contributed by atoms with van der Waals surface area (Å²) in [6.45, 7) is 1.63. The van der Waals surface area contributed by atoms with Crippen molar-refractivity contribution in [3.8, 4) is 0 Å². The van der Waals surface area contributed by atoms with E-state index in [1.165, 1.54) is 6.92 Å². The van der Waals surface area contributed by atoms with Gasteiger partial charge in [0, 0.05) is 19.6 Å². The number of nitrogens with one attached hydrogen (secondary N) is 1. The number of aromatic nitrogens is 4. The first kappa shape index (κ1) is 13.0. The number of imidazole rings is 1. The van der Waals surface area contributed by atoms with E-state index in [-0.39, 0.29) is 29.0 Å². The first-order valence-corrected chi connectivity index (χ1v) is 7.21. The highest BCUT2D eigenvalue weighted by atomic mass is 35.5. The number of fused-ring (bicyclic) bond motifs is 1. The molecule has 2 aliphatic rings. The topological polar surface area (TPSA) is 92.9 Å². The van der Waals surface area contributed by atoms with Crippen LogP contribution in [-0.2, 0) is 4.79 Å². The van der Waals surface area contributed by atoms with Gasteiger partial charge in [-0.1, -0.05) is 11.6 Å². The molecule has 0 bridgehead atoms. The highest BCUT2D eigenvalue weighted by Crippen LogP contribution is 2.76. The van der Waals surface area contributed by atoms with Gasteiger partial charge in [0.1, 0.15) is 5.52 Å². The molecule has 0 saturated heterocycles. The van der Waals surface area contributed by atoms with Gasteiger partial charge >= 0.3 is 0 Å². The van der Waals surface area contributed by atoms with Crippen molar-refractivity contribution in [1.82, 2.24) is 19.5 Å². The number of rotatable bonds is 3. The van der Waals surface area contributed by atoms with E-state index in [0.717, 1.165) is 12.8 Å². The molecule has 4 rings (SSSR count). The van der Waals surface area contributed by atoms with E-state index in [9.17, 15) is 9.90 Å². The Hall–Kier alpha value is -1.73. The third-order valence-corrected chi connectivity index (χ3v) is 4.84. The van der Waals surface area contributed by atoms with Gasteiger partial charge in [0.05, 0.1) is 6.33 Å². The van der Waals surface area contributed by atoms with Crippen LogP contribution >= 0.6 is 11.6 Å². The fourth-order valence-electron chi connectivity index (χ4n) is 3.30. The Balaban J connectivity index is 1.74. The molecule has 3 atom stereocenters. The van der Waals surface area contributed by atoms with Crippen molar-refractivity contribution in [2.24, 2.45) is 11.3 Å². The summed E-state index contributed by atoms with van der Waals surface area (Å²) >= 11 is 6.11. The highest BCUT2D eigenvalue weighted by molar-refractivity contribution is 6.33. The average molecular weight is 308 g/mol. The monoisotopic (exact) mass is 307 g/mol. The van der Waals surface area contributed by atoms with Crippen LogP contribution in [0.25, 0.3) is 11.2 Å². The van der Waals surface area contributed by atoms with E-state index in [1.54, 1.807) is 6.33 Å². The van der Waals surface area contributed by atoms with Gasteiger partial charge in [-0.3, -0.25) is 10.1 Å². The molecule has 2 aromatic heterocycles. The molecule has 2 aromatic rings. The van der Waals surface area contributed by atoms with Crippen LogP contribution in [0.15, 0.2) is 6.33 Å². The Kier molecular flexibility index (Phi) is 2.56. The highest BCUT2D eigenvalue weighted by Gasteiger charge is 2.71. The number of hydrogen-bond donors (Lipinski definition) is 2. The summed E-state index contributed by atoms with van der Waals surface area (Å²) in [7, 11) is 0. The van der Waals surface area contributed by atoms with Crippen LogP contribution in [0.3, 0.4) is 0 Å². The minimum atomic E-state index is -0.248. The van der Waals surface area contributed by atoms with Gasteiger partial charge in [0.2, 0.25) is 11.9 Å². The molecule has 110 valence electrons. The predicted octanol–water partition coefficient (Wildman–Crippen LogP) is 1.38. The van der Waals surface area contributed by atoms with Gasteiger partial charge < -0.3 is 9.67 Å². The van der Waals surface area contributed by atoms with Crippen LogP contribution in [0.5, 0.6) is 0 Å². The maximum Gasteiger partial charge on any atom is 0.232 e. The minimum Gasteiger partial charge on any atom is -0.396 e. The molecule has 0 radical (unpaired) electrons. The lowest BCUT2D eigenvalue weighted by atomic mass is 10.3. The number of nitrogens with zero attached hydrogens (tertiary/aromatic N) is 4. The van der Waals surface area contributed by atoms with Crippen LogP contribution in [0.4, 0.5) is 5.95 Å². The predicted molar refractivity (Wildman–Crippen MR) is 75.9 cm³/mol. The summed E-state index contributed by atoms with van der Waals surface area (Å²) in [5.74, 6) is 0.319. The molecule has 2 heterocycles. The molecule has 2 fully saturated rings. The van der Waals surface area contributed by atoms with Crippen LogP contribution in [0, 0.1) is 11.3 Å². The Labute approximate surface area is 125 Å². The van der Waals surface area contributed by atoms with Gasteiger partial charge in [-0.25, -0.2) is 4.98 Å². The van der Waals surface area contributed by atoms with Crippen LogP contribution in [0.1, 0.15) is 25.8 Å². The van der Waals surface area contributed by atoms with Crippen molar-refractivity contribution < 1.29 is 9.90 Å². The van der Waals surface area contributed by atoms with E-state index in [4.69, 9.17) is 11.6 Å². The zero-order valence-electron chi connectivity index (χ0n) is 11.4. The summed E-state index contributed by atoms with van der Waals surface area (Å²) in [4.78, 5) is 23.8. The van der Waals surface area contributed by atoms with Gasteiger partial charge in [-0.2, -0.15) is 9.97 Å². The molecule has 0 aliphatic heterocycles. The maximum absolute atomic E-state index is 11.1. The van der Waals surface area contributed by atoms with Crippen LogP contribution in [0.2, 0.25) is 5.15 Å². The van der Waals surface area contributed by atoms with Crippen molar-refractivity contribution in [3.63, 3.8) is 0 Å². The molecule has 0 unspecified atom stereocenters. The van der Waals surface area contributed by atoms with Gasteiger partial charge in [0.15, 0.2) is 10.8 Å². The number of amides is 1. The largest absolute Gasteiger partial charge is 0.396 e. The second kappa shape index (κ2) is 4.14. The normalized spacial score (nSPS) is 29.9. The van der Waals surface area contributed by atoms with Crippen molar-refractivity contribution in [3.05, 3.63) is 11.5 Å². The van der Waals surface area contributed by atoms with E-state index in [0.29, 0.717) is 23.1 Å². The number of hydrogen-bond acceptors (Lipinski definition) is 5. The second-order valence-corrected chi connectivity index (χ2v) is 6.24. The third-order valence-electron chi connectivity index (χ3n) is 4.58.